The number of benzene rings is 2. The minimum absolute atomic E-state index is 0.100. The van der Waals surface area contributed by atoms with E-state index in [1.54, 1.807) is 29.2 Å². The SMILES string of the molecule is CCN(CC)C(=O)c1nc(-c2ccc(C(F)(F)F)cc2)oc1-c1ccccc1. The highest BCUT2D eigenvalue weighted by molar-refractivity contribution is 5.98. The third-order valence-electron chi connectivity index (χ3n) is 4.38. The van der Waals surface area contributed by atoms with Crippen molar-refractivity contribution in [2.24, 2.45) is 0 Å². The molecule has 0 aliphatic carbocycles. The van der Waals surface area contributed by atoms with Gasteiger partial charge in [-0.05, 0) is 38.1 Å². The van der Waals surface area contributed by atoms with Crippen molar-refractivity contribution in [2.75, 3.05) is 13.1 Å². The maximum absolute atomic E-state index is 12.9. The van der Waals surface area contributed by atoms with Crippen molar-refractivity contribution in [2.45, 2.75) is 20.0 Å². The lowest BCUT2D eigenvalue weighted by Gasteiger charge is -2.17. The molecule has 0 radical (unpaired) electrons. The summed E-state index contributed by atoms with van der Waals surface area (Å²) in [5.74, 6) is 0.112. The predicted molar refractivity (Wildman–Crippen MR) is 99.6 cm³/mol. The number of aromatic nitrogens is 1. The topological polar surface area (TPSA) is 46.3 Å². The van der Waals surface area contributed by atoms with Gasteiger partial charge in [-0.25, -0.2) is 4.98 Å². The molecule has 1 amide bonds. The number of nitrogens with zero attached hydrogens (tertiary/aromatic N) is 2. The van der Waals surface area contributed by atoms with Crippen molar-refractivity contribution in [3.63, 3.8) is 0 Å². The summed E-state index contributed by atoms with van der Waals surface area (Å²) >= 11 is 0. The molecular formula is C21H19F3N2O2. The Hall–Kier alpha value is -3.09. The van der Waals surface area contributed by atoms with Gasteiger partial charge in [0.15, 0.2) is 11.5 Å². The molecule has 2 aromatic carbocycles. The van der Waals surface area contributed by atoms with Crippen LogP contribution in [0.4, 0.5) is 13.2 Å². The Morgan fingerprint density at radius 3 is 2.11 bits per heavy atom. The molecule has 146 valence electrons. The second kappa shape index (κ2) is 7.88. The molecule has 4 nitrogen and oxygen atoms in total. The summed E-state index contributed by atoms with van der Waals surface area (Å²) in [6.45, 7) is 4.74. The van der Waals surface area contributed by atoms with E-state index >= 15 is 0 Å². The number of rotatable bonds is 5. The van der Waals surface area contributed by atoms with Crippen molar-refractivity contribution in [3.8, 4) is 22.8 Å². The van der Waals surface area contributed by atoms with Crippen LogP contribution in [-0.4, -0.2) is 28.9 Å². The smallest absolute Gasteiger partial charge is 0.416 e. The Labute approximate surface area is 160 Å². The second-order valence-electron chi connectivity index (χ2n) is 6.12. The molecular weight excluding hydrogens is 369 g/mol. The summed E-state index contributed by atoms with van der Waals surface area (Å²) in [5.41, 5.74) is 0.419. The van der Waals surface area contributed by atoms with Gasteiger partial charge in [-0.1, -0.05) is 30.3 Å². The maximum Gasteiger partial charge on any atom is 0.416 e. The molecule has 0 unspecified atom stereocenters. The van der Waals surface area contributed by atoms with E-state index in [4.69, 9.17) is 4.42 Å². The van der Waals surface area contributed by atoms with Crippen molar-refractivity contribution in [1.29, 1.82) is 0 Å². The molecule has 3 aromatic rings. The summed E-state index contributed by atoms with van der Waals surface area (Å²) < 4.78 is 44.2. The van der Waals surface area contributed by atoms with E-state index in [0.717, 1.165) is 12.1 Å². The number of carbonyl (C=O) groups excluding carboxylic acids is 1. The van der Waals surface area contributed by atoms with Gasteiger partial charge in [-0.15, -0.1) is 0 Å². The first-order chi connectivity index (χ1) is 13.3. The molecule has 0 aliphatic rings. The summed E-state index contributed by atoms with van der Waals surface area (Å²) in [4.78, 5) is 18.8. The van der Waals surface area contributed by atoms with Crippen LogP contribution in [0, 0.1) is 0 Å². The number of hydrogen-bond donors (Lipinski definition) is 0. The van der Waals surface area contributed by atoms with E-state index in [1.807, 2.05) is 19.9 Å². The van der Waals surface area contributed by atoms with E-state index in [1.165, 1.54) is 12.1 Å². The first kappa shape index (κ1) is 19.7. The van der Waals surface area contributed by atoms with Gasteiger partial charge in [0.2, 0.25) is 5.89 Å². The number of halogens is 3. The molecule has 0 saturated heterocycles. The van der Waals surface area contributed by atoms with Crippen molar-refractivity contribution in [1.82, 2.24) is 9.88 Å². The van der Waals surface area contributed by atoms with Crippen LogP contribution in [0.1, 0.15) is 29.9 Å². The molecule has 1 heterocycles. The average molecular weight is 388 g/mol. The third kappa shape index (κ3) is 3.93. The Balaban J connectivity index is 2.08. The monoisotopic (exact) mass is 388 g/mol. The largest absolute Gasteiger partial charge is 0.435 e. The Kier molecular flexibility index (Phi) is 5.53. The number of alkyl halides is 3. The van der Waals surface area contributed by atoms with Gasteiger partial charge in [0.05, 0.1) is 5.56 Å². The highest BCUT2D eigenvalue weighted by Gasteiger charge is 2.30. The molecule has 0 N–H and O–H groups in total. The Bertz CT molecular complexity index is 944. The summed E-state index contributed by atoms with van der Waals surface area (Å²) in [6, 6.07) is 13.5. The lowest BCUT2D eigenvalue weighted by molar-refractivity contribution is -0.137. The lowest BCUT2D eigenvalue weighted by Crippen LogP contribution is -2.31. The van der Waals surface area contributed by atoms with E-state index < -0.39 is 11.7 Å². The molecule has 7 heteroatoms. The standard InChI is InChI=1S/C21H19F3N2O2/c1-3-26(4-2)20(27)17-18(14-8-6-5-7-9-14)28-19(25-17)15-10-12-16(13-11-15)21(22,23)24/h5-13H,3-4H2,1-2H3. The molecule has 3 rings (SSSR count). The van der Waals surface area contributed by atoms with Gasteiger partial charge in [-0.2, -0.15) is 13.2 Å². The van der Waals surface area contributed by atoms with Crippen LogP contribution in [0.25, 0.3) is 22.8 Å². The molecule has 28 heavy (non-hydrogen) atoms. The van der Waals surface area contributed by atoms with Crippen LogP contribution in [-0.2, 0) is 6.18 Å². The lowest BCUT2D eigenvalue weighted by atomic mass is 10.1. The summed E-state index contributed by atoms with van der Waals surface area (Å²) in [5, 5.41) is 0. The van der Waals surface area contributed by atoms with Gasteiger partial charge < -0.3 is 9.32 Å². The number of hydrogen-bond acceptors (Lipinski definition) is 3. The van der Waals surface area contributed by atoms with Crippen LogP contribution in [0.15, 0.2) is 59.0 Å². The van der Waals surface area contributed by atoms with Gasteiger partial charge in [0, 0.05) is 24.2 Å². The third-order valence-corrected chi connectivity index (χ3v) is 4.38. The molecule has 0 aliphatic heterocycles. The van der Waals surface area contributed by atoms with Gasteiger partial charge in [-0.3, -0.25) is 4.79 Å². The van der Waals surface area contributed by atoms with E-state index in [-0.39, 0.29) is 17.5 Å². The zero-order valence-corrected chi connectivity index (χ0v) is 15.5. The first-order valence-corrected chi connectivity index (χ1v) is 8.88. The van der Waals surface area contributed by atoms with Gasteiger partial charge in [0.25, 0.3) is 5.91 Å². The van der Waals surface area contributed by atoms with Crippen LogP contribution in [0.3, 0.4) is 0 Å². The highest BCUT2D eigenvalue weighted by atomic mass is 19.4. The van der Waals surface area contributed by atoms with Crippen LogP contribution in [0.2, 0.25) is 0 Å². The Morgan fingerprint density at radius 1 is 0.964 bits per heavy atom. The zero-order chi connectivity index (χ0) is 20.3. The molecule has 0 saturated carbocycles. The minimum Gasteiger partial charge on any atom is -0.435 e. The number of amides is 1. The molecule has 1 aromatic heterocycles. The van der Waals surface area contributed by atoms with Crippen molar-refractivity contribution in [3.05, 3.63) is 65.9 Å². The normalized spacial score (nSPS) is 11.5. The molecule has 0 bridgehead atoms. The quantitative estimate of drug-likeness (QED) is 0.579. The molecule has 0 fully saturated rings. The van der Waals surface area contributed by atoms with Crippen LogP contribution >= 0.6 is 0 Å². The van der Waals surface area contributed by atoms with E-state index in [2.05, 4.69) is 4.98 Å². The highest BCUT2D eigenvalue weighted by Crippen LogP contribution is 2.33. The number of carbonyl (C=O) groups is 1. The first-order valence-electron chi connectivity index (χ1n) is 8.88. The molecule has 0 spiro atoms. The summed E-state index contributed by atoms with van der Waals surface area (Å²) in [6.07, 6.45) is -4.42. The van der Waals surface area contributed by atoms with Crippen molar-refractivity contribution < 1.29 is 22.4 Å². The maximum atomic E-state index is 12.9. The summed E-state index contributed by atoms with van der Waals surface area (Å²) in [7, 11) is 0. The minimum atomic E-state index is -4.42. The fraction of sp³-hybridized carbons (Fsp3) is 0.238. The second-order valence-corrected chi connectivity index (χ2v) is 6.12. The Morgan fingerprint density at radius 2 is 1.57 bits per heavy atom. The predicted octanol–water partition coefficient (Wildman–Crippen LogP) is 5.51. The van der Waals surface area contributed by atoms with Crippen LogP contribution in [0.5, 0.6) is 0 Å². The molecule has 0 atom stereocenters. The van der Waals surface area contributed by atoms with E-state index in [9.17, 15) is 18.0 Å². The fourth-order valence-electron chi connectivity index (χ4n) is 2.84. The fourth-order valence-corrected chi connectivity index (χ4v) is 2.84. The van der Waals surface area contributed by atoms with E-state index in [0.29, 0.717) is 30.0 Å². The zero-order valence-electron chi connectivity index (χ0n) is 15.5. The number of oxazole rings is 1. The average Bonchev–Trinajstić information content (AvgIpc) is 3.14. The van der Waals surface area contributed by atoms with Crippen molar-refractivity contribution >= 4 is 5.91 Å². The van der Waals surface area contributed by atoms with Crippen LogP contribution < -0.4 is 0 Å². The van der Waals surface area contributed by atoms with Gasteiger partial charge in [0.1, 0.15) is 0 Å². The van der Waals surface area contributed by atoms with Gasteiger partial charge >= 0.3 is 6.18 Å².